The molecular weight excluding hydrogens is 435 g/mol. The van der Waals surface area contributed by atoms with Crippen LogP contribution >= 0.6 is 0 Å². The van der Waals surface area contributed by atoms with Gasteiger partial charge >= 0.3 is 5.97 Å². The zero-order valence-electron chi connectivity index (χ0n) is 18.6. The molecule has 1 unspecified atom stereocenters. The zero-order chi connectivity index (χ0) is 23.9. The molecule has 7 nitrogen and oxygen atoms in total. The summed E-state index contributed by atoms with van der Waals surface area (Å²) in [5.41, 5.74) is 1.44. The fourth-order valence-electron chi connectivity index (χ4n) is 2.98. The van der Waals surface area contributed by atoms with Crippen molar-refractivity contribution in [3.8, 4) is 0 Å². The van der Waals surface area contributed by atoms with Crippen molar-refractivity contribution in [1.82, 2.24) is 10.0 Å². The van der Waals surface area contributed by atoms with E-state index in [2.05, 4.69) is 14.8 Å². The predicted octanol–water partition coefficient (Wildman–Crippen LogP) is 3.21. The van der Waals surface area contributed by atoms with Crippen LogP contribution in [0.2, 0.25) is 0 Å². The molecule has 174 valence electrons. The topological polar surface area (TPSA) is 102 Å². The number of benzene rings is 2. The van der Waals surface area contributed by atoms with Gasteiger partial charge in [-0.2, -0.15) is 0 Å². The van der Waals surface area contributed by atoms with E-state index in [-0.39, 0.29) is 29.7 Å². The van der Waals surface area contributed by atoms with Crippen LogP contribution in [-0.4, -0.2) is 33.9 Å². The fraction of sp³-hybridized carbons (Fsp3) is 0.391. The molecule has 2 aromatic carbocycles. The van der Waals surface area contributed by atoms with E-state index in [9.17, 15) is 22.4 Å². The standard InChI is InChI=1S/C23H29FN2O5S/c1-23(2,3)17-7-11-19(12-8-17)32(29,30)25-14-13-21(27)26-20(15-22(28)31-4)16-5-9-18(24)10-6-16/h5-12,20,25H,13-15H2,1-4H3,(H,26,27). The lowest BCUT2D eigenvalue weighted by molar-refractivity contribution is -0.141. The van der Waals surface area contributed by atoms with Crippen LogP contribution in [0.4, 0.5) is 4.39 Å². The Bertz CT molecular complexity index is 1030. The molecule has 1 amide bonds. The Kier molecular flexibility index (Phi) is 8.51. The van der Waals surface area contributed by atoms with Gasteiger partial charge in [-0.3, -0.25) is 9.59 Å². The Morgan fingerprint density at radius 2 is 1.62 bits per heavy atom. The number of hydrogen-bond acceptors (Lipinski definition) is 5. The van der Waals surface area contributed by atoms with E-state index in [4.69, 9.17) is 0 Å². The minimum absolute atomic E-state index is 0.0981. The second kappa shape index (κ2) is 10.7. The summed E-state index contributed by atoms with van der Waals surface area (Å²) < 4.78 is 45.2. The maximum atomic E-state index is 13.2. The second-order valence-corrected chi connectivity index (χ2v) is 10.1. The summed E-state index contributed by atoms with van der Waals surface area (Å²) >= 11 is 0. The van der Waals surface area contributed by atoms with E-state index in [1.54, 1.807) is 12.1 Å². The molecule has 32 heavy (non-hydrogen) atoms. The van der Waals surface area contributed by atoms with Crippen molar-refractivity contribution in [2.45, 2.75) is 50.0 Å². The van der Waals surface area contributed by atoms with E-state index in [1.807, 2.05) is 20.8 Å². The van der Waals surface area contributed by atoms with Crippen LogP contribution in [0, 0.1) is 5.82 Å². The highest BCUT2D eigenvalue weighted by molar-refractivity contribution is 7.89. The number of carbonyl (C=O) groups is 2. The molecule has 0 spiro atoms. The van der Waals surface area contributed by atoms with Gasteiger partial charge in [-0.15, -0.1) is 0 Å². The summed E-state index contributed by atoms with van der Waals surface area (Å²) in [7, 11) is -2.54. The monoisotopic (exact) mass is 464 g/mol. The van der Waals surface area contributed by atoms with Gasteiger partial charge in [-0.25, -0.2) is 17.5 Å². The number of esters is 1. The first-order chi connectivity index (χ1) is 14.9. The molecule has 0 bridgehead atoms. The molecule has 2 rings (SSSR count). The number of methoxy groups -OCH3 is 1. The van der Waals surface area contributed by atoms with Crippen LogP contribution in [0.3, 0.4) is 0 Å². The Labute approximate surface area is 188 Å². The number of hydrogen-bond donors (Lipinski definition) is 2. The van der Waals surface area contributed by atoms with Gasteiger partial charge in [-0.1, -0.05) is 45.0 Å². The number of ether oxygens (including phenoxy) is 1. The van der Waals surface area contributed by atoms with E-state index in [0.717, 1.165) is 5.56 Å². The lowest BCUT2D eigenvalue weighted by Crippen LogP contribution is -2.34. The van der Waals surface area contributed by atoms with Gasteiger partial charge in [0.1, 0.15) is 5.82 Å². The molecule has 0 radical (unpaired) electrons. The smallest absolute Gasteiger partial charge is 0.307 e. The van der Waals surface area contributed by atoms with Gasteiger partial charge in [0.15, 0.2) is 0 Å². The van der Waals surface area contributed by atoms with Crippen molar-refractivity contribution in [2.75, 3.05) is 13.7 Å². The van der Waals surface area contributed by atoms with Crippen molar-refractivity contribution in [2.24, 2.45) is 0 Å². The molecule has 0 heterocycles. The Balaban J connectivity index is 1.97. The van der Waals surface area contributed by atoms with Gasteiger partial charge in [0.25, 0.3) is 0 Å². The zero-order valence-corrected chi connectivity index (χ0v) is 19.5. The van der Waals surface area contributed by atoms with E-state index in [0.29, 0.717) is 5.56 Å². The largest absolute Gasteiger partial charge is 0.469 e. The molecule has 1 atom stereocenters. The normalized spacial score (nSPS) is 12.8. The first kappa shape index (κ1) is 25.5. The fourth-order valence-corrected chi connectivity index (χ4v) is 4.01. The molecule has 0 saturated heterocycles. The van der Waals surface area contributed by atoms with Crippen molar-refractivity contribution >= 4 is 21.9 Å². The van der Waals surface area contributed by atoms with Crippen LogP contribution in [-0.2, 0) is 29.8 Å². The minimum Gasteiger partial charge on any atom is -0.469 e. The Morgan fingerprint density at radius 3 is 2.16 bits per heavy atom. The highest BCUT2D eigenvalue weighted by Gasteiger charge is 2.21. The van der Waals surface area contributed by atoms with Crippen LogP contribution in [0.1, 0.15) is 50.8 Å². The van der Waals surface area contributed by atoms with Crippen molar-refractivity contribution in [3.63, 3.8) is 0 Å². The van der Waals surface area contributed by atoms with Gasteiger partial charge in [0.2, 0.25) is 15.9 Å². The number of amides is 1. The van der Waals surface area contributed by atoms with Gasteiger partial charge in [0.05, 0.1) is 24.5 Å². The third kappa shape index (κ3) is 7.42. The summed E-state index contributed by atoms with van der Waals surface area (Å²) in [5, 5.41) is 2.67. The first-order valence-corrected chi connectivity index (χ1v) is 11.6. The molecule has 0 aromatic heterocycles. The molecule has 2 aromatic rings. The maximum absolute atomic E-state index is 13.2. The second-order valence-electron chi connectivity index (χ2n) is 8.37. The molecule has 2 N–H and O–H groups in total. The van der Waals surface area contributed by atoms with Crippen molar-refractivity contribution < 1.29 is 27.1 Å². The SMILES string of the molecule is COC(=O)CC(NC(=O)CCNS(=O)(=O)c1ccc(C(C)(C)C)cc1)c1ccc(F)cc1. The number of sulfonamides is 1. The Morgan fingerprint density at radius 1 is 1.03 bits per heavy atom. The summed E-state index contributed by atoms with van der Waals surface area (Å²) in [6.45, 7) is 5.98. The van der Waals surface area contributed by atoms with Gasteiger partial charge < -0.3 is 10.1 Å². The average molecular weight is 465 g/mol. The minimum atomic E-state index is -3.77. The third-order valence-electron chi connectivity index (χ3n) is 4.88. The average Bonchev–Trinajstić information content (AvgIpc) is 2.73. The highest BCUT2D eigenvalue weighted by atomic mass is 32.2. The lowest BCUT2D eigenvalue weighted by atomic mass is 9.87. The molecule has 0 fully saturated rings. The van der Waals surface area contributed by atoms with Crippen LogP contribution < -0.4 is 10.0 Å². The molecule has 0 aliphatic rings. The van der Waals surface area contributed by atoms with Crippen molar-refractivity contribution in [1.29, 1.82) is 0 Å². The summed E-state index contributed by atoms with van der Waals surface area (Å²) in [6.07, 6.45) is -0.280. The summed E-state index contributed by atoms with van der Waals surface area (Å²) in [4.78, 5) is 24.2. The molecule has 0 saturated carbocycles. The molecule has 0 aliphatic heterocycles. The first-order valence-electron chi connectivity index (χ1n) is 10.1. The van der Waals surface area contributed by atoms with E-state index < -0.39 is 33.8 Å². The maximum Gasteiger partial charge on any atom is 0.307 e. The molecular formula is C23H29FN2O5S. The summed E-state index contributed by atoms with van der Waals surface area (Å²) in [6, 6.07) is 11.3. The summed E-state index contributed by atoms with van der Waals surface area (Å²) in [5.74, 6) is -1.45. The number of rotatable bonds is 9. The lowest BCUT2D eigenvalue weighted by Gasteiger charge is -2.19. The number of carbonyl (C=O) groups excluding carboxylic acids is 2. The van der Waals surface area contributed by atoms with Crippen LogP contribution in [0.25, 0.3) is 0 Å². The third-order valence-corrected chi connectivity index (χ3v) is 6.36. The Hall–Kier alpha value is -2.78. The molecule has 0 aliphatic carbocycles. The quantitative estimate of drug-likeness (QED) is 0.555. The number of halogens is 1. The van der Waals surface area contributed by atoms with Gasteiger partial charge in [0, 0.05) is 13.0 Å². The predicted molar refractivity (Wildman–Crippen MR) is 119 cm³/mol. The highest BCUT2D eigenvalue weighted by Crippen LogP contribution is 2.23. The van der Waals surface area contributed by atoms with E-state index in [1.165, 1.54) is 43.5 Å². The van der Waals surface area contributed by atoms with Crippen LogP contribution in [0.5, 0.6) is 0 Å². The number of nitrogens with one attached hydrogen (secondary N) is 2. The van der Waals surface area contributed by atoms with Gasteiger partial charge in [-0.05, 0) is 40.8 Å². The van der Waals surface area contributed by atoms with Crippen molar-refractivity contribution in [3.05, 3.63) is 65.5 Å². The van der Waals surface area contributed by atoms with E-state index >= 15 is 0 Å². The molecule has 9 heteroatoms. The van der Waals surface area contributed by atoms with Crippen LogP contribution in [0.15, 0.2) is 53.4 Å².